The van der Waals surface area contributed by atoms with Gasteiger partial charge in [-0.1, -0.05) is 13.8 Å². The molecule has 0 unspecified atom stereocenters. The summed E-state index contributed by atoms with van der Waals surface area (Å²) < 4.78 is 2.29. The second-order valence-electron chi connectivity index (χ2n) is 5.17. The summed E-state index contributed by atoms with van der Waals surface area (Å²) in [7, 11) is 0. The number of hydrogen-bond acceptors (Lipinski definition) is 1. The minimum absolute atomic E-state index is 0.554. The molecule has 0 atom stereocenters. The molecular formula is C15H22N2. The second kappa shape index (κ2) is 4.53. The predicted molar refractivity (Wildman–Crippen MR) is 74.6 cm³/mol. The third-order valence-electron chi connectivity index (χ3n) is 3.52. The molecule has 0 aliphatic rings. The maximum atomic E-state index is 5.68. The van der Waals surface area contributed by atoms with Crippen molar-refractivity contribution >= 4 is 10.9 Å². The van der Waals surface area contributed by atoms with Gasteiger partial charge in [0.05, 0.1) is 0 Å². The minimum Gasteiger partial charge on any atom is -0.346 e. The molecule has 0 aliphatic carbocycles. The quantitative estimate of drug-likeness (QED) is 0.861. The Bertz CT molecular complexity index is 535. The summed E-state index contributed by atoms with van der Waals surface area (Å²) in [5, 5.41) is 1.39. The lowest BCUT2D eigenvalue weighted by atomic mass is 9.99. The molecule has 0 saturated heterocycles. The van der Waals surface area contributed by atoms with Crippen molar-refractivity contribution in [3.63, 3.8) is 0 Å². The second-order valence-corrected chi connectivity index (χ2v) is 5.17. The summed E-state index contributed by atoms with van der Waals surface area (Å²) in [6.45, 7) is 10.4. The predicted octanol–water partition coefficient (Wildman–Crippen LogP) is 3.34. The molecule has 1 aromatic carbocycles. The Morgan fingerprint density at radius 2 is 1.82 bits per heavy atom. The van der Waals surface area contributed by atoms with Crippen molar-refractivity contribution in [1.82, 2.24) is 4.57 Å². The van der Waals surface area contributed by atoms with Crippen LogP contribution in [-0.4, -0.2) is 11.1 Å². The number of rotatable bonds is 3. The zero-order valence-corrected chi connectivity index (χ0v) is 11.2. The van der Waals surface area contributed by atoms with Crippen LogP contribution in [0.15, 0.2) is 18.3 Å². The molecule has 0 spiro atoms. The lowest BCUT2D eigenvalue weighted by Gasteiger charge is -2.06. The summed E-state index contributed by atoms with van der Waals surface area (Å²) in [6, 6.07) is 4.60. The fourth-order valence-corrected chi connectivity index (χ4v) is 2.36. The van der Waals surface area contributed by atoms with Gasteiger partial charge in [0.15, 0.2) is 0 Å². The molecule has 0 aliphatic heterocycles. The highest BCUT2D eigenvalue weighted by atomic mass is 15.0. The Morgan fingerprint density at radius 1 is 1.18 bits per heavy atom. The van der Waals surface area contributed by atoms with Gasteiger partial charge < -0.3 is 10.3 Å². The van der Waals surface area contributed by atoms with Crippen LogP contribution in [0.2, 0.25) is 0 Å². The first-order valence-corrected chi connectivity index (χ1v) is 6.34. The first-order valence-electron chi connectivity index (χ1n) is 6.34. The molecule has 0 saturated carbocycles. The van der Waals surface area contributed by atoms with Gasteiger partial charge in [-0.15, -0.1) is 0 Å². The van der Waals surface area contributed by atoms with E-state index in [4.69, 9.17) is 5.73 Å². The van der Waals surface area contributed by atoms with Gasteiger partial charge in [-0.05, 0) is 48.6 Å². The number of nitrogens with zero attached hydrogens (tertiary/aromatic N) is 1. The van der Waals surface area contributed by atoms with Crippen molar-refractivity contribution in [2.24, 2.45) is 5.73 Å². The smallest absolute Gasteiger partial charge is 0.0486 e. The molecule has 2 heteroatoms. The van der Waals surface area contributed by atoms with Crippen molar-refractivity contribution in [2.45, 2.75) is 40.2 Å². The SMILES string of the molecule is Cc1cc2c(C(C)C)cn(CCN)c2cc1C. The van der Waals surface area contributed by atoms with E-state index >= 15 is 0 Å². The summed E-state index contributed by atoms with van der Waals surface area (Å²) in [6.07, 6.45) is 2.26. The highest BCUT2D eigenvalue weighted by molar-refractivity contribution is 5.86. The van der Waals surface area contributed by atoms with E-state index in [0.717, 1.165) is 6.54 Å². The van der Waals surface area contributed by atoms with E-state index in [0.29, 0.717) is 12.5 Å². The third-order valence-corrected chi connectivity index (χ3v) is 3.52. The highest BCUT2D eigenvalue weighted by Crippen LogP contribution is 2.29. The Balaban J connectivity index is 2.72. The van der Waals surface area contributed by atoms with Crippen LogP contribution in [0.25, 0.3) is 10.9 Å². The molecule has 17 heavy (non-hydrogen) atoms. The average Bonchev–Trinajstić information content (AvgIpc) is 2.59. The maximum absolute atomic E-state index is 5.68. The monoisotopic (exact) mass is 230 g/mol. The standard InChI is InChI=1S/C15H22N2/c1-10(2)14-9-17(6-5-16)15-8-12(4)11(3)7-13(14)15/h7-10H,5-6,16H2,1-4H3. The summed E-state index contributed by atoms with van der Waals surface area (Å²) in [5.41, 5.74) is 11.1. The largest absolute Gasteiger partial charge is 0.346 e. The molecule has 2 aromatic rings. The van der Waals surface area contributed by atoms with Crippen LogP contribution in [0.5, 0.6) is 0 Å². The fourth-order valence-electron chi connectivity index (χ4n) is 2.36. The number of aromatic nitrogens is 1. The third kappa shape index (κ3) is 2.09. The van der Waals surface area contributed by atoms with E-state index < -0.39 is 0 Å². The molecule has 0 fully saturated rings. The van der Waals surface area contributed by atoms with Crippen molar-refractivity contribution < 1.29 is 0 Å². The van der Waals surface area contributed by atoms with Crippen LogP contribution >= 0.6 is 0 Å². The molecule has 92 valence electrons. The minimum atomic E-state index is 0.554. The van der Waals surface area contributed by atoms with Crippen LogP contribution in [0.1, 0.15) is 36.5 Å². The van der Waals surface area contributed by atoms with Crippen LogP contribution < -0.4 is 5.73 Å². The number of nitrogens with two attached hydrogens (primary N) is 1. The van der Waals surface area contributed by atoms with E-state index in [1.807, 2.05) is 0 Å². The summed E-state index contributed by atoms with van der Waals surface area (Å²) in [4.78, 5) is 0. The Labute approximate surface area is 103 Å². The summed E-state index contributed by atoms with van der Waals surface area (Å²) in [5.74, 6) is 0.554. The number of fused-ring (bicyclic) bond motifs is 1. The molecule has 0 bridgehead atoms. The maximum Gasteiger partial charge on any atom is 0.0486 e. The van der Waals surface area contributed by atoms with Gasteiger partial charge in [0, 0.05) is 30.2 Å². The van der Waals surface area contributed by atoms with Gasteiger partial charge in [-0.25, -0.2) is 0 Å². The van der Waals surface area contributed by atoms with Crippen molar-refractivity contribution in [1.29, 1.82) is 0 Å². The fraction of sp³-hybridized carbons (Fsp3) is 0.467. The number of hydrogen-bond donors (Lipinski definition) is 1. The van der Waals surface area contributed by atoms with Crippen LogP contribution in [-0.2, 0) is 6.54 Å². The zero-order valence-electron chi connectivity index (χ0n) is 11.2. The Hall–Kier alpha value is -1.28. The van der Waals surface area contributed by atoms with Crippen molar-refractivity contribution in [3.8, 4) is 0 Å². The van der Waals surface area contributed by atoms with Gasteiger partial charge in [-0.2, -0.15) is 0 Å². The first kappa shape index (κ1) is 12.2. The van der Waals surface area contributed by atoms with E-state index in [2.05, 4.69) is 50.6 Å². The zero-order chi connectivity index (χ0) is 12.6. The Kier molecular flexibility index (Phi) is 3.25. The normalized spacial score (nSPS) is 11.6. The van der Waals surface area contributed by atoms with E-state index in [1.54, 1.807) is 0 Å². The van der Waals surface area contributed by atoms with Crippen molar-refractivity contribution in [3.05, 3.63) is 35.0 Å². The molecular weight excluding hydrogens is 208 g/mol. The van der Waals surface area contributed by atoms with Gasteiger partial charge in [-0.3, -0.25) is 0 Å². The average molecular weight is 230 g/mol. The lowest BCUT2D eigenvalue weighted by Crippen LogP contribution is -2.08. The number of aryl methyl sites for hydroxylation is 2. The topological polar surface area (TPSA) is 30.9 Å². The molecule has 2 N–H and O–H groups in total. The van der Waals surface area contributed by atoms with Gasteiger partial charge in [0.25, 0.3) is 0 Å². The van der Waals surface area contributed by atoms with E-state index in [9.17, 15) is 0 Å². The highest BCUT2D eigenvalue weighted by Gasteiger charge is 2.12. The van der Waals surface area contributed by atoms with Gasteiger partial charge in [0.1, 0.15) is 0 Å². The van der Waals surface area contributed by atoms with E-state index in [1.165, 1.54) is 27.6 Å². The van der Waals surface area contributed by atoms with Gasteiger partial charge in [0.2, 0.25) is 0 Å². The van der Waals surface area contributed by atoms with Crippen LogP contribution in [0.4, 0.5) is 0 Å². The molecule has 0 radical (unpaired) electrons. The molecule has 0 amide bonds. The van der Waals surface area contributed by atoms with Crippen LogP contribution in [0.3, 0.4) is 0 Å². The van der Waals surface area contributed by atoms with Crippen molar-refractivity contribution in [2.75, 3.05) is 6.54 Å². The first-order chi connectivity index (χ1) is 8.04. The number of benzene rings is 1. The molecule has 1 aromatic heterocycles. The molecule has 2 nitrogen and oxygen atoms in total. The summed E-state index contributed by atoms with van der Waals surface area (Å²) >= 11 is 0. The lowest BCUT2D eigenvalue weighted by molar-refractivity contribution is 0.727. The van der Waals surface area contributed by atoms with Gasteiger partial charge >= 0.3 is 0 Å². The molecule has 1 heterocycles. The van der Waals surface area contributed by atoms with Crippen LogP contribution in [0, 0.1) is 13.8 Å². The molecule has 2 rings (SSSR count). The van der Waals surface area contributed by atoms with E-state index in [-0.39, 0.29) is 0 Å². The Morgan fingerprint density at radius 3 is 2.41 bits per heavy atom.